The number of aryl methyl sites for hydroxylation is 1. The molecule has 1 aromatic carbocycles. The lowest BCUT2D eigenvalue weighted by molar-refractivity contribution is 0.321. The van der Waals surface area contributed by atoms with Gasteiger partial charge in [-0.05, 0) is 31.4 Å². The van der Waals surface area contributed by atoms with E-state index in [1.807, 2.05) is 0 Å². The Kier molecular flexibility index (Phi) is 3.97. The summed E-state index contributed by atoms with van der Waals surface area (Å²) in [5.74, 6) is 2.20. The molecule has 0 radical (unpaired) electrons. The number of benzene rings is 1. The monoisotopic (exact) mass is 251 g/mol. The van der Waals surface area contributed by atoms with Gasteiger partial charge in [0.15, 0.2) is 11.5 Å². The third-order valence-corrected chi connectivity index (χ3v) is 3.50. The SMILES string of the molecule is COc1cc2c(c(OC)c1OC)CN[C@H](C)CC2. The Hall–Kier alpha value is -1.42. The first-order valence-electron chi connectivity index (χ1n) is 6.25. The van der Waals surface area contributed by atoms with E-state index < -0.39 is 0 Å². The number of hydrogen-bond acceptors (Lipinski definition) is 4. The minimum absolute atomic E-state index is 0.513. The summed E-state index contributed by atoms with van der Waals surface area (Å²) < 4.78 is 16.3. The summed E-state index contributed by atoms with van der Waals surface area (Å²) in [4.78, 5) is 0. The van der Waals surface area contributed by atoms with Crippen molar-refractivity contribution in [2.45, 2.75) is 32.4 Å². The first kappa shape index (κ1) is 13.0. The van der Waals surface area contributed by atoms with Crippen molar-refractivity contribution in [1.29, 1.82) is 0 Å². The predicted molar refractivity (Wildman–Crippen MR) is 70.7 cm³/mol. The molecule has 4 nitrogen and oxygen atoms in total. The molecule has 1 aliphatic heterocycles. The molecule has 1 aromatic rings. The third-order valence-electron chi connectivity index (χ3n) is 3.50. The van der Waals surface area contributed by atoms with E-state index >= 15 is 0 Å². The van der Waals surface area contributed by atoms with Crippen molar-refractivity contribution in [1.82, 2.24) is 5.32 Å². The Morgan fingerprint density at radius 2 is 1.83 bits per heavy atom. The molecule has 0 bridgehead atoms. The van der Waals surface area contributed by atoms with Gasteiger partial charge in [0.05, 0.1) is 21.3 Å². The summed E-state index contributed by atoms with van der Waals surface area (Å²) in [6, 6.07) is 2.58. The van der Waals surface area contributed by atoms with Gasteiger partial charge < -0.3 is 19.5 Å². The van der Waals surface area contributed by atoms with Crippen LogP contribution in [0, 0.1) is 0 Å². The smallest absolute Gasteiger partial charge is 0.203 e. The first-order valence-corrected chi connectivity index (χ1v) is 6.25. The summed E-state index contributed by atoms with van der Waals surface area (Å²) >= 11 is 0. The van der Waals surface area contributed by atoms with Crippen LogP contribution < -0.4 is 19.5 Å². The number of rotatable bonds is 3. The van der Waals surface area contributed by atoms with Crippen LogP contribution in [0.4, 0.5) is 0 Å². The van der Waals surface area contributed by atoms with Gasteiger partial charge >= 0.3 is 0 Å². The molecular formula is C14H21NO3. The van der Waals surface area contributed by atoms with E-state index in [2.05, 4.69) is 18.3 Å². The maximum Gasteiger partial charge on any atom is 0.203 e. The van der Waals surface area contributed by atoms with Crippen molar-refractivity contribution in [3.8, 4) is 17.2 Å². The number of nitrogens with one attached hydrogen (secondary N) is 1. The highest BCUT2D eigenvalue weighted by atomic mass is 16.5. The van der Waals surface area contributed by atoms with E-state index in [9.17, 15) is 0 Å². The molecule has 0 fully saturated rings. The van der Waals surface area contributed by atoms with E-state index in [0.717, 1.165) is 30.9 Å². The zero-order chi connectivity index (χ0) is 13.1. The lowest BCUT2D eigenvalue weighted by Crippen LogP contribution is -2.23. The van der Waals surface area contributed by atoms with E-state index in [4.69, 9.17) is 14.2 Å². The number of fused-ring (bicyclic) bond motifs is 1. The van der Waals surface area contributed by atoms with E-state index in [0.29, 0.717) is 11.8 Å². The standard InChI is InChI=1S/C14H21NO3/c1-9-5-6-10-7-12(16-2)14(18-4)13(17-3)11(10)8-15-9/h7,9,15H,5-6,8H2,1-4H3/t9-/m1/s1. The van der Waals surface area contributed by atoms with Crippen LogP contribution in [-0.4, -0.2) is 27.4 Å². The zero-order valence-electron chi connectivity index (χ0n) is 11.5. The van der Waals surface area contributed by atoms with E-state index in [-0.39, 0.29) is 0 Å². The molecular weight excluding hydrogens is 230 g/mol. The van der Waals surface area contributed by atoms with Gasteiger partial charge in [0, 0.05) is 18.2 Å². The van der Waals surface area contributed by atoms with Gasteiger partial charge in [0.2, 0.25) is 5.75 Å². The molecule has 0 amide bonds. The minimum Gasteiger partial charge on any atom is -0.493 e. The second kappa shape index (κ2) is 5.48. The van der Waals surface area contributed by atoms with E-state index in [1.165, 1.54) is 11.1 Å². The summed E-state index contributed by atoms with van der Waals surface area (Å²) in [5, 5.41) is 3.49. The molecule has 4 heteroatoms. The average Bonchev–Trinajstić information content (AvgIpc) is 2.58. The molecule has 18 heavy (non-hydrogen) atoms. The normalized spacial score (nSPS) is 18.8. The molecule has 0 unspecified atom stereocenters. The summed E-state index contributed by atoms with van der Waals surface area (Å²) in [6.45, 7) is 3.01. The van der Waals surface area contributed by atoms with Crippen LogP contribution >= 0.6 is 0 Å². The summed E-state index contributed by atoms with van der Waals surface area (Å²) in [5.41, 5.74) is 2.46. The fraction of sp³-hybridized carbons (Fsp3) is 0.571. The van der Waals surface area contributed by atoms with Gasteiger partial charge in [0.25, 0.3) is 0 Å². The summed E-state index contributed by atoms with van der Waals surface area (Å²) in [6.07, 6.45) is 2.14. The van der Waals surface area contributed by atoms with Gasteiger partial charge in [0.1, 0.15) is 0 Å². The number of methoxy groups -OCH3 is 3. The van der Waals surface area contributed by atoms with Crippen molar-refractivity contribution in [2.24, 2.45) is 0 Å². The Morgan fingerprint density at radius 1 is 1.11 bits per heavy atom. The second-order valence-corrected chi connectivity index (χ2v) is 4.60. The van der Waals surface area contributed by atoms with Crippen LogP contribution in [0.15, 0.2) is 6.07 Å². The van der Waals surface area contributed by atoms with Crippen LogP contribution in [0.2, 0.25) is 0 Å². The quantitative estimate of drug-likeness (QED) is 0.893. The fourth-order valence-electron chi connectivity index (χ4n) is 2.43. The molecule has 0 spiro atoms. The third kappa shape index (κ3) is 2.25. The first-order chi connectivity index (χ1) is 8.71. The molecule has 2 rings (SSSR count). The Balaban J connectivity index is 2.54. The largest absolute Gasteiger partial charge is 0.493 e. The second-order valence-electron chi connectivity index (χ2n) is 4.60. The molecule has 1 heterocycles. The van der Waals surface area contributed by atoms with Crippen LogP contribution in [-0.2, 0) is 13.0 Å². The summed E-state index contributed by atoms with van der Waals surface area (Å²) in [7, 11) is 4.96. The molecule has 100 valence electrons. The molecule has 0 aliphatic carbocycles. The lowest BCUT2D eigenvalue weighted by atomic mass is 10.0. The predicted octanol–water partition coefficient (Wildman–Crippen LogP) is 2.14. The van der Waals surface area contributed by atoms with Crippen molar-refractivity contribution >= 4 is 0 Å². The zero-order valence-corrected chi connectivity index (χ0v) is 11.5. The Bertz CT molecular complexity index is 432. The number of hydrogen-bond donors (Lipinski definition) is 1. The van der Waals surface area contributed by atoms with Gasteiger partial charge in [-0.15, -0.1) is 0 Å². The van der Waals surface area contributed by atoms with Crippen LogP contribution in [0.3, 0.4) is 0 Å². The van der Waals surface area contributed by atoms with Crippen LogP contribution in [0.25, 0.3) is 0 Å². The topological polar surface area (TPSA) is 39.7 Å². The van der Waals surface area contributed by atoms with Crippen molar-refractivity contribution in [3.05, 3.63) is 17.2 Å². The molecule has 0 saturated heterocycles. The van der Waals surface area contributed by atoms with E-state index in [1.54, 1.807) is 21.3 Å². The van der Waals surface area contributed by atoms with Crippen LogP contribution in [0.5, 0.6) is 17.2 Å². The molecule has 0 saturated carbocycles. The fourth-order valence-corrected chi connectivity index (χ4v) is 2.43. The van der Waals surface area contributed by atoms with Crippen molar-refractivity contribution in [3.63, 3.8) is 0 Å². The van der Waals surface area contributed by atoms with Crippen LogP contribution in [0.1, 0.15) is 24.5 Å². The highest BCUT2D eigenvalue weighted by Crippen LogP contribution is 2.42. The van der Waals surface area contributed by atoms with Crippen molar-refractivity contribution < 1.29 is 14.2 Å². The highest BCUT2D eigenvalue weighted by molar-refractivity contribution is 5.59. The molecule has 1 aliphatic rings. The maximum absolute atomic E-state index is 5.52. The van der Waals surface area contributed by atoms with Crippen molar-refractivity contribution in [2.75, 3.05) is 21.3 Å². The van der Waals surface area contributed by atoms with Gasteiger partial charge in [-0.3, -0.25) is 0 Å². The van der Waals surface area contributed by atoms with Gasteiger partial charge in [-0.2, -0.15) is 0 Å². The minimum atomic E-state index is 0.513. The Morgan fingerprint density at radius 3 is 2.44 bits per heavy atom. The molecule has 1 N–H and O–H groups in total. The van der Waals surface area contributed by atoms with Gasteiger partial charge in [-0.1, -0.05) is 0 Å². The number of ether oxygens (including phenoxy) is 3. The average molecular weight is 251 g/mol. The van der Waals surface area contributed by atoms with Gasteiger partial charge in [-0.25, -0.2) is 0 Å². The highest BCUT2D eigenvalue weighted by Gasteiger charge is 2.22. The molecule has 0 aromatic heterocycles. The Labute approximate surface area is 108 Å². The lowest BCUT2D eigenvalue weighted by Gasteiger charge is -2.18. The molecule has 1 atom stereocenters. The maximum atomic E-state index is 5.52.